The Morgan fingerprint density at radius 3 is 2.97 bits per heavy atom. The highest BCUT2D eigenvalue weighted by Crippen LogP contribution is 2.27. The van der Waals surface area contributed by atoms with E-state index in [4.69, 9.17) is 4.74 Å². The maximum absolute atomic E-state index is 12.7. The first-order chi connectivity index (χ1) is 15.0. The Labute approximate surface area is 182 Å². The molecule has 2 N–H and O–H groups in total. The van der Waals surface area contributed by atoms with Crippen molar-refractivity contribution in [1.82, 2.24) is 15.4 Å². The van der Waals surface area contributed by atoms with Gasteiger partial charge in [0.15, 0.2) is 5.13 Å². The summed E-state index contributed by atoms with van der Waals surface area (Å²) in [5.41, 5.74) is 6.70. The number of esters is 1. The third-order valence-corrected chi connectivity index (χ3v) is 5.18. The smallest absolute Gasteiger partial charge is 0.311 e. The molecule has 0 atom stereocenters. The number of nitrogens with one attached hydrogen (secondary N) is 2. The molecule has 0 bridgehead atoms. The third kappa shape index (κ3) is 5.04. The Hall–Kier alpha value is -3.79. The predicted molar refractivity (Wildman–Crippen MR) is 119 cm³/mol. The molecule has 3 heterocycles. The molecule has 158 valence electrons. The number of carbonyl (C=O) groups is 2. The number of hydrogen-bond donors (Lipinski definition) is 2. The molecule has 0 saturated carbocycles. The number of aromatic nitrogens is 2. The number of hydrazine groups is 1. The lowest BCUT2D eigenvalue weighted by molar-refractivity contribution is -0.142. The van der Waals surface area contributed by atoms with E-state index in [0.717, 1.165) is 16.9 Å². The molecule has 0 spiro atoms. The molecule has 1 aliphatic rings. The minimum Gasteiger partial charge on any atom is -0.466 e. The summed E-state index contributed by atoms with van der Waals surface area (Å²) in [7, 11) is 0. The zero-order chi connectivity index (χ0) is 21.8. The lowest BCUT2D eigenvalue weighted by Gasteiger charge is -2.07. The SMILES string of the molecule is CCOC(=O)Cc1csc(NC(=O)c2ccc(C)c(N3NC3=Nc3cccnc3)c2)n1. The second-order valence-corrected chi connectivity index (χ2v) is 7.53. The Kier molecular flexibility index (Phi) is 5.89. The first-order valence-corrected chi connectivity index (χ1v) is 10.5. The molecule has 1 aliphatic heterocycles. The van der Waals surface area contributed by atoms with Crippen LogP contribution in [0.4, 0.5) is 16.5 Å². The van der Waals surface area contributed by atoms with Crippen LogP contribution < -0.4 is 15.8 Å². The van der Waals surface area contributed by atoms with Crippen LogP contribution in [-0.2, 0) is 16.0 Å². The van der Waals surface area contributed by atoms with Gasteiger partial charge < -0.3 is 4.74 Å². The molecule has 9 nitrogen and oxygen atoms in total. The quantitative estimate of drug-likeness (QED) is 0.431. The summed E-state index contributed by atoms with van der Waals surface area (Å²) >= 11 is 1.26. The largest absolute Gasteiger partial charge is 0.466 e. The van der Waals surface area contributed by atoms with Gasteiger partial charge in [0, 0.05) is 17.1 Å². The standard InChI is InChI=1S/C21H20N6O3S/c1-3-30-18(28)10-16-12-31-21(24-16)25-19(29)14-7-6-13(2)17(9-14)27-20(26-27)23-15-5-4-8-22-11-15/h4-9,11-12H,3,10H2,1-2H3,(H,23,26)(H,24,25,29). The van der Waals surface area contributed by atoms with Crippen LogP contribution in [0.2, 0.25) is 0 Å². The molecule has 1 amide bonds. The summed E-state index contributed by atoms with van der Waals surface area (Å²) in [5, 5.41) is 6.74. The van der Waals surface area contributed by atoms with E-state index in [1.807, 2.05) is 25.1 Å². The van der Waals surface area contributed by atoms with Crippen LogP contribution in [0.3, 0.4) is 0 Å². The molecule has 31 heavy (non-hydrogen) atoms. The second-order valence-electron chi connectivity index (χ2n) is 6.68. The van der Waals surface area contributed by atoms with Gasteiger partial charge in [-0.05, 0) is 43.7 Å². The van der Waals surface area contributed by atoms with E-state index >= 15 is 0 Å². The molecule has 0 unspecified atom stereocenters. The van der Waals surface area contributed by atoms with Gasteiger partial charge in [0.05, 0.1) is 36.3 Å². The number of hydrogen-bond acceptors (Lipinski definition) is 7. The number of guanidine groups is 1. The van der Waals surface area contributed by atoms with Crippen molar-refractivity contribution < 1.29 is 14.3 Å². The van der Waals surface area contributed by atoms with Crippen molar-refractivity contribution in [1.29, 1.82) is 0 Å². The average molecular weight is 436 g/mol. The van der Waals surface area contributed by atoms with E-state index in [0.29, 0.717) is 29.0 Å². The number of carbonyl (C=O) groups excluding carboxylic acids is 2. The van der Waals surface area contributed by atoms with Crippen molar-refractivity contribution in [3.8, 4) is 0 Å². The van der Waals surface area contributed by atoms with Gasteiger partial charge in [0.1, 0.15) is 0 Å². The summed E-state index contributed by atoms with van der Waals surface area (Å²) < 4.78 is 4.92. The van der Waals surface area contributed by atoms with Gasteiger partial charge in [-0.15, -0.1) is 11.3 Å². The van der Waals surface area contributed by atoms with Crippen LogP contribution >= 0.6 is 11.3 Å². The Morgan fingerprint density at radius 2 is 2.19 bits per heavy atom. The first-order valence-electron chi connectivity index (χ1n) is 9.61. The van der Waals surface area contributed by atoms with E-state index in [9.17, 15) is 9.59 Å². The minimum atomic E-state index is -0.344. The molecule has 0 aliphatic carbocycles. The number of rotatable bonds is 7. The van der Waals surface area contributed by atoms with E-state index in [1.165, 1.54) is 11.3 Å². The summed E-state index contributed by atoms with van der Waals surface area (Å²) in [5.74, 6) is 0.0478. The zero-order valence-corrected chi connectivity index (χ0v) is 17.8. The molecule has 1 saturated heterocycles. The average Bonchev–Trinajstić information content (AvgIpc) is 3.37. The van der Waals surface area contributed by atoms with Gasteiger partial charge in [-0.25, -0.2) is 15.0 Å². The number of amides is 1. The number of pyridine rings is 1. The van der Waals surface area contributed by atoms with Gasteiger partial charge in [0.25, 0.3) is 5.91 Å². The van der Waals surface area contributed by atoms with Crippen molar-refractivity contribution in [2.75, 3.05) is 16.9 Å². The topological polar surface area (TPSA) is 118 Å². The number of benzene rings is 1. The molecule has 10 heteroatoms. The normalized spacial score (nSPS) is 13.6. The molecule has 4 rings (SSSR count). The molecule has 0 radical (unpaired) electrons. The van der Waals surface area contributed by atoms with Gasteiger partial charge in [-0.3, -0.25) is 25.3 Å². The minimum absolute atomic E-state index is 0.0779. The molecular formula is C21H20N6O3S. The first kappa shape index (κ1) is 20.5. The maximum atomic E-state index is 12.7. The summed E-state index contributed by atoms with van der Waals surface area (Å²) in [6.45, 7) is 4.03. The number of thiazole rings is 1. The van der Waals surface area contributed by atoms with Gasteiger partial charge >= 0.3 is 5.97 Å². The Balaban J connectivity index is 1.44. The van der Waals surface area contributed by atoms with Gasteiger partial charge in [0.2, 0.25) is 5.96 Å². The van der Waals surface area contributed by atoms with E-state index in [1.54, 1.807) is 41.8 Å². The summed E-state index contributed by atoms with van der Waals surface area (Å²) in [4.78, 5) is 37.1. The molecular weight excluding hydrogens is 416 g/mol. The predicted octanol–water partition coefficient (Wildman–Crippen LogP) is 3.22. The van der Waals surface area contributed by atoms with Crippen molar-refractivity contribution in [3.05, 3.63) is 64.9 Å². The fraction of sp³-hybridized carbons (Fsp3) is 0.190. The lowest BCUT2D eigenvalue weighted by atomic mass is 10.1. The summed E-state index contributed by atoms with van der Waals surface area (Å²) in [6, 6.07) is 9.09. The lowest BCUT2D eigenvalue weighted by Crippen LogP contribution is -2.13. The highest BCUT2D eigenvalue weighted by atomic mass is 32.1. The van der Waals surface area contributed by atoms with Crippen LogP contribution in [0.15, 0.2) is 53.1 Å². The molecule has 1 fully saturated rings. The number of aliphatic imine (C=N–C) groups is 1. The van der Waals surface area contributed by atoms with Crippen molar-refractivity contribution in [3.63, 3.8) is 0 Å². The monoisotopic (exact) mass is 436 g/mol. The van der Waals surface area contributed by atoms with Crippen molar-refractivity contribution in [2.45, 2.75) is 20.3 Å². The van der Waals surface area contributed by atoms with E-state index in [2.05, 4.69) is 25.7 Å². The number of nitrogens with zero attached hydrogens (tertiary/aromatic N) is 4. The fourth-order valence-electron chi connectivity index (χ4n) is 2.83. The number of anilines is 2. The molecule has 1 aromatic carbocycles. The third-order valence-electron chi connectivity index (χ3n) is 4.37. The molecule has 3 aromatic rings. The fourth-order valence-corrected chi connectivity index (χ4v) is 3.54. The Bertz CT molecular complexity index is 1150. The number of ether oxygens (including phenoxy) is 1. The summed E-state index contributed by atoms with van der Waals surface area (Å²) in [6.07, 6.45) is 3.44. The van der Waals surface area contributed by atoms with Crippen LogP contribution in [0.1, 0.15) is 28.5 Å². The number of aryl methyl sites for hydroxylation is 1. The molecule has 2 aromatic heterocycles. The van der Waals surface area contributed by atoms with Gasteiger partial charge in [-0.2, -0.15) is 0 Å². The zero-order valence-electron chi connectivity index (χ0n) is 17.0. The highest BCUT2D eigenvalue weighted by Gasteiger charge is 2.30. The van der Waals surface area contributed by atoms with Crippen LogP contribution in [-0.4, -0.2) is 34.4 Å². The van der Waals surface area contributed by atoms with Gasteiger partial charge in [-0.1, -0.05) is 6.07 Å². The van der Waals surface area contributed by atoms with Crippen LogP contribution in [0, 0.1) is 6.92 Å². The second kappa shape index (κ2) is 8.92. The van der Waals surface area contributed by atoms with Crippen LogP contribution in [0.5, 0.6) is 0 Å². The van der Waals surface area contributed by atoms with E-state index in [-0.39, 0.29) is 18.3 Å². The van der Waals surface area contributed by atoms with Crippen molar-refractivity contribution in [2.24, 2.45) is 4.99 Å². The Morgan fingerprint density at radius 1 is 1.32 bits per heavy atom. The van der Waals surface area contributed by atoms with Crippen molar-refractivity contribution >= 4 is 45.7 Å². The highest BCUT2D eigenvalue weighted by molar-refractivity contribution is 7.14. The maximum Gasteiger partial charge on any atom is 0.311 e. The van der Waals surface area contributed by atoms with Crippen LogP contribution in [0.25, 0.3) is 0 Å². The van der Waals surface area contributed by atoms with E-state index < -0.39 is 0 Å².